The molecule has 0 N–H and O–H groups in total. The van der Waals surface area contributed by atoms with E-state index in [2.05, 4.69) is 20.7 Å². The van der Waals surface area contributed by atoms with Crippen LogP contribution in [-0.4, -0.2) is 37.9 Å². The van der Waals surface area contributed by atoms with Crippen LogP contribution >= 0.6 is 20.7 Å². The van der Waals surface area contributed by atoms with Crippen molar-refractivity contribution in [2.24, 2.45) is 0 Å². The second-order valence-electron chi connectivity index (χ2n) is 1.30. The van der Waals surface area contributed by atoms with E-state index in [4.69, 9.17) is 0 Å². The summed E-state index contributed by atoms with van der Waals surface area (Å²) in [4.78, 5) is 0. The fourth-order valence-corrected chi connectivity index (χ4v) is 5.96. The Labute approximate surface area is 78.8 Å². The van der Waals surface area contributed by atoms with Crippen LogP contribution < -0.4 is 0 Å². The van der Waals surface area contributed by atoms with Crippen LogP contribution in [0.5, 0.6) is 0 Å². The van der Waals surface area contributed by atoms with Crippen molar-refractivity contribution < 1.29 is 21.1 Å². The molecule has 0 amide bonds. The fourth-order valence-electron chi connectivity index (χ4n) is 0.293. The molecule has 4 heteroatoms. The van der Waals surface area contributed by atoms with E-state index in [-0.39, 0.29) is 21.1 Å². The zero-order valence-electron chi connectivity index (χ0n) is 3.79. The van der Waals surface area contributed by atoms with Gasteiger partial charge in [0.05, 0.1) is 0 Å². The zero-order chi connectivity index (χ0) is 4.41. The van der Waals surface area contributed by atoms with Gasteiger partial charge in [-0.3, -0.25) is 0 Å². The zero-order valence-corrected chi connectivity index (χ0v) is 11.7. The molecule has 40 valence electrons. The average molecular weight is 409 g/mol. The summed E-state index contributed by atoms with van der Waals surface area (Å²) < 4.78 is 0. The van der Waals surface area contributed by atoms with Crippen LogP contribution in [0.3, 0.4) is 0 Å². The van der Waals surface area contributed by atoms with Crippen molar-refractivity contribution in [1.82, 2.24) is 0 Å². The van der Waals surface area contributed by atoms with Gasteiger partial charge in [0.25, 0.3) is 0 Å². The maximum Gasteiger partial charge on any atom is 0 e. The van der Waals surface area contributed by atoms with Crippen LogP contribution in [0.4, 0.5) is 0 Å². The molecule has 0 aromatic heterocycles. The van der Waals surface area contributed by atoms with Gasteiger partial charge in [-0.2, -0.15) is 0 Å². The van der Waals surface area contributed by atoms with Crippen molar-refractivity contribution in [2.45, 2.75) is 5.25 Å². The van der Waals surface area contributed by atoms with E-state index >= 15 is 0 Å². The van der Waals surface area contributed by atoms with Gasteiger partial charge in [-0.15, -0.1) is 0 Å². The van der Waals surface area contributed by atoms with Crippen LogP contribution in [0.2, 0.25) is 0 Å². The summed E-state index contributed by atoms with van der Waals surface area (Å²) in [5, 5.41) is 1.05. The first-order valence-electron chi connectivity index (χ1n) is 1.87. The Hall–Kier alpha value is 2.19. The number of thioether (sulfide) groups is 1. The molecular formula is C3H6S2SnW. The van der Waals surface area contributed by atoms with E-state index in [9.17, 15) is 0 Å². The largest absolute Gasteiger partial charge is 0 e. The Morgan fingerprint density at radius 1 is 1.57 bits per heavy atom. The molecule has 0 spiro atoms. The van der Waals surface area contributed by atoms with E-state index in [1.807, 2.05) is 0 Å². The second kappa shape index (κ2) is 5.01. The normalized spacial score (nSPS) is 20.1. The van der Waals surface area contributed by atoms with Crippen LogP contribution in [-0.2, 0) is 21.1 Å². The molecule has 1 rings (SSSR count). The number of hydrogen-bond donors (Lipinski definition) is 0. The molecule has 1 heterocycles. The second-order valence-corrected chi connectivity index (χ2v) is 5.64. The van der Waals surface area contributed by atoms with Crippen LogP contribution in [0, 0.1) is 0 Å². The molecule has 0 aliphatic carbocycles. The van der Waals surface area contributed by atoms with Crippen LogP contribution in [0.15, 0.2) is 0 Å². The summed E-state index contributed by atoms with van der Waals surface area (Å²) in [6.07, 6.45) is 0. The molecule has 2 radical (unpaired) electrons. The summed E-state index contributed by atoms with van der Waals surface area (Å²) >= 11 is 3.46. The third-order valence-electron chi connectivity index (χ3n) is 0.800. The topological polar surface area (TPSA) is 0 Å². The van der Waals surface area contributed by atoms with Gasteiger partial charge < -0.3 is 0 Å². The van der Waals surface area contributed by atoms with Crippen molar-refractivity contribution in [3.05, 3.63) is 0 Å². The summed E-state index contributed by atoms with van der Waals surface area (Å²) in [7, 11) is 2.12. The molecular weight excluding hydrogens is 403 g/mol. The Morgan fingerprint density at radius 3 is 2.14 bits per heavy atom. The van der Waals surface area contributed by atoms with Crippen molar-refractivity contribution in [3.63, 3.8) is 0 Å². The van der Waals surface area contributed by atoms with Gasteiger partial charge in [0, 0.05) is 21.1 Å². The smallest absolute Gasteiger partial charge is 0 e. The summed E-state index contributed by atoms with van der Waals surface area (Å²) in [5.74, 6) is 2.85. The van der Waals surface area contributed by atoms with Gasteiger partial charge in [0.2, 0.25) is 0 Å². The quantitative estimate of drug-likeness (QED) is 0.584. The van der Waals surface area contributed by atoms with Gasteiger partial charge >= 0.3 is 58.6 Å². The van der Waals surface area contributed by atoms with Crippen molar-refractivity contribution >= 4 is 41.8 Å². The van der Waals surface area contributed by atoms with Gasteiger partial charge in [0.1, 0.15) is 0 Å². The minimum absolute atomic E-state index is 0. The maximum atomic E-state index is 2.12. The number of rotatable bonds is 1. The molecule has 0 aromatic carbocycles. The Morgan fingerprint density at radius 2 is 2.14 bits per heavy atom. The van der Waals surface area contributed by atoms with E-state index in [1.54, 1.807) is 0 Å². The summed E-state index contributed by atoms with van der Waals surface area (Å²) in [6, 6.07) is 0. The van der Waals surface area contributed by atoms with E-state index < -0.39 is 0 Å². The maximum absolute atomic E-state index is 2.12. The Balaban J connectivity index is 0.000000360. The fraction of sp³-hybridized carbons (Fsp3) is 1.00. The predicted molar refractivity (Wildman–Crippen MR) is 35.9 cm³/mol. The van der Waals surface area contributed by atoms with Crippen molar-refractivity contribution in [1.29, 1.82) is 0 Å². The van der Waals surface area contributed by atoms with Crippen molar-refractivity contribution in [3.8, 4) is 0 Å². The molecule has 1 aliphatic heterocycles. The summed E-state index contributed by atoms with van der Waals surface area (Å²) in [5.41, 5.74) is 0. The third-order valence-corrected chi connectivity index (χ3v) is 6.51. The summed E-state index contributed by atoms with van der Waals surface area (Å²) in [6.45, 7) is 0. The van der Waals surface area contributed by atoms with Gasteiger partial charge in [-0.25, -0.2) is 0 Å². The molecule has 1 fully saturated rings. The Kier molecular flexibility index (Phi) is 6.58. The first-order valence-corrected chi connectivity index (χ1v) is 8.00. The molecule has 1 aliphatic rings. The predicted octanol–water partition coefficient (Wildman–Crippen LogP) is 0.648. The molecule has 0 bridgehead atoms. The first kappa shape index (κ1) is 9.19. The SMILES string of the molecule is [SnH][S]C1CSC1.[W]. The molecule has 7 heavy (non-hydrogen) atoms. The molecule has 0 aromatic rings. The molecule has 0 saturated carbocycles. The minimum Gasteiger partial charge on any atom is 0 e. The molecule has 0 unspecified atom stereocenters. The number of hydrogen-bond acceptors (Lipinski definition) is 2. The first-order chi connectivity index (χ1) is 2.93. The van der Waals surface area contributed by atoms with Gasteiger partial charge in [-0.1, -0.05) is 0 Å². The molecule has 1 saturated heterocycles. The van der Waals surface area contributed by atoms with Crippen LogP contribution in [0.1, 0.15) is 0 Å². The van der Waals surface area contributed by atoms with E-state index in [0.29, 0.717) is 0 Å². The molecule has 0 nitrogen and oxygen atoms in total. The average Bonchev–Trinajstić information content (AvgIpc) is 1.31. The van der Waals surface area contributed by atoms with E-state index in [0.717, 1.165) is 5.25 Å². The monoisotopic (exact) mass is 410 g/mol. The van der Waals surface area contributed by atoms with Crippen molar-refractivity contribution in [2.75, 3.05) is 11.5 Å². The third kappa shape index (κ3) is 3.02. The van der Waals surface area contributed by atoms with Gasteiger partial charge in [-0.05, 0) is 0 Å². The Bertz CT molecular complexity index is 45.4. The van der Waals surface area contributed by atoms with Crippen LogP contribution in [0.25, 0.3) is 0 Å². The molecule has 0 atom stereocenters. The minimum atomic E-state index is 0. The van der Waals surface area contributed by atoms with E-state index in [1.165, 1.54) is 32.6 Å². The standard InChI is InChI=1S/C3H6S2.Sn.W.H/c4-3-1-5-2-3;;;/h3-4H,1-2H2;;;/q;+1;;/p-1. The van der Waals surface area contributed by atoms with Gasteiger partial charge in [0.15, 0.2) is 0 Å².